The molecule has 1 unspecified atom stereocenters. The quantitative estimate of drug-likeness (QED) is 0.852. The first-order chi connectivity index (χ1) is 13.0. The largest absolute Gasteiger partial charge is 0.450 e. The molecule has 2 heterocycles. The fourth-order valence-corrected chi connectivity index (χ4v) is 3.70. The van der Waals surface area contributed by atoms with E-state index in [0.29, 0.717) is 56.1 Å². The fourth-order valence-electron chi connectivity index (χ4n) is 3.58. The molecule has 1 aromatic carbocycles. The maximum absolute atomic E-state index is 12.8. The summed E-state index contributed by atoms with van der Waals surface area (Å²) in [5.74, 6) is -0.208. The summed E-state index contributed by atoms with van der Waals surface area (Å²) in [6.07, 6.45) is 1.88. The Bertz CT molecular complexity index is 701. The van der Waals surface area contributed by atoms with Crippen LogP contribution in [0.5, 0.6) is 0 Å². The van der Waals surface area contributed by atoms with Crippen molar-refractivity contribution in [2.45, 2.75) is 44.7 Å². The van der Waals surface area contributed by atoms with Gasteiger partial charge < -0.3 is 15.0 Å². The Labute approximate surface area is 163 Å². The Morgan fingerprint density at radius 2 is 1.85 bits per heavy atom. The van der Waals surface area contributed by atoms with Gasteiger partial charge in [-0.05, 0) is 50.5 Å². The molecule has 2 aliphatic heterocycles. The average molecular weight is 394 g/mol. The van der Waals surface area contributed by atoms with E-state index in [-0.39, 0.29) is 23.9 Å². The van der Waals surface area contributed by atoms with Crippen LogP contribution in [0.4, 0.5) is 10.5 Å². The molecule has 2 fully saturated rings. The molecule has 0 saturated carbocycles. The molecule has 2 aliphatic rings. The van der Waals surface area contributed by atoms with Gasteiger partial charge in [-0.1, -0.05) is 11.6 Å². The molecule has 8 heteroatoms. The van der Waals surface area contributed by atoms with Gasteiger partial charge in [-0.15, -0.1) is 0 Å². The average Bonchev–Trinajstić information content (AvgIpc) is 3.05. The number of carbonyl (C=O) groups excluding carboxylic acids is 3. The van der Waals surface area contributed by atoms with Gasteiger partial charge >= 0.3 is 6.09 Å². The van der Waals surface area contributed by atoms with Crippen molar-refractivity contribution >= 4 is 35.2 Å². The Morgan fingerprint density at radius 3 is 2.48 bits per heavy atom. The van der Waals surface area contributed by atoms with Gasteiger partial charge in [0.25, 0.3) is 0 Å². The molecule has 3 amide bonds. The summed E-state index contributed by atoms with van der Waals surface area (Å²) < 4.78 is 5.01. The fraction of sp³-hybridized carbons (Fsp3) is 0.526. The predicted molar refractivity (Wildman–Crippen MR) is 102 cm³/mol. The van der Waals surface area contributed by atoms with Gasteiger partial charge in [-0.3, -0.25) is 14.5 Å². The zero-order valence-corrected chi connectivity index (χ0v) is 16.1. The van der Waals surface area contributed by atoms with Crippen molar-refractivity contribution in [1.82, 2.24) is 10.2 Å². The topological polar surface area (TPSA) is 79.0 Å². The second-order valence-corrected chi connectivity index (χ2v) is 7.20. The predicted octanol–water partition coefficient (Wildman–Crippen LogP) is 2.57. The third kappa shape index (κ3) is 4.53. The summed E-state index contributed by atoms with van der Waals surface area (Å²) in [4.78, 5) is 40.1. The van der Waals surface area contributed by atoms with Crippen LogP contribution in [-0.2, 0) is 14.3 Å². The van der Waals surface area contributed by atoms with Crippen LogP contribution in [0.1, 0.15) is 32.6 Å². The number of carbonyl (C=O) groups is 3. The first kappa shape index (κ1) is 19.5. The lowest BCUT2D eigenvalue weighted by molar-refractivity contribution is -0.124. The first-order valence-electron chi connectivity index (χ1n) is 9.29. The van der Waals surface area contributed by atoms with Crippen molar-refractivity contribution in [2.24, 2.45) is 0 Å². The number of benzene rings is 1. The standard InChI is InChI=1S/C19H24ClN3O4/c1-2-27-19(26)22-11-9-14(10-12-22)21-18(25)16-7-8-17(24)23(16)15-5-3-13(20)4-6-15/h3-6,14,16H,2,7-12H2,1H3,(H,21,25). The van der Waals surface area contributed by atoms with Crippen molar-refractivity contribution < 1.29 is 19.1 Å². The van der Waals surface area contributed by atoms with Crippen LogP contribution in [0, 0.1) is 0 Å². The van der Waals surface area contributed by atoms with Crippen molar-refractivity contribution in [1.29, 1.82) is 0 Å². The van der Waals surface area contributed by atoms with Gasteiger partial charge in [0.2, 0.25) is 11.8 Å². The normalized spacial score (nSPS) is 20.7. The molecule has 27 heavy (non-hydrogen) atoms. The van der Waals surface area contributed by atoms with Gasteiger partial charge in [0.1, 0.15) is 6.04 Å². The first-order valence-corrected chi connectivity index (χ1v) is 9.67. The molecule has 0 bridgehead atoms. The summed E-state index contributed by atoms with van der Waals surface area (Å²) in [6, 6.07) is 6.41. The Kier molecular flexibility index (Phi) is 6.21. The molecule has 2 saturated heterocycles. The second kappa shape index (κ2) is 8.61. The second-order valence-electron chi connectivity index (χ2n) is 6.76. The highest BCUT2D eigenvalue weighted by Gasteiger charge is 2.38. The summed E-state index contributed by atoms with van der Waals surface area (Å²) in [7, 11) is 0. The van der Waals surface area contributed by atoms with Gasteiger partial charge in [0, 0.05) is 36.3 Å². The Hall–Kier alpha value is -2.28. The minimum absolute atomic E-state index is 0.00838. The number of halogens is 1. The molecule has 1 aromatic rings. The van der Waals surface area contributed by atoms with E-state index in [1.165, 1.54) is 0 Å². The smallest absolute Gasteiger partial charge is 0.409 e. The summed E-state index contributed by atoms with van der Waals surface area (Å²) >= 11 is 5.92. The minimum Gasteiger partial charge on any atom is -0.450 e. The Balaban J connectivity index is 1.58. The van der Waals surface area contributed by atoms with Crippen LogP contribution in [-0.4, -0.2) is 54.6 Å². The zero-order valence-electron chi connectivity index (χ0n) is 15.3. The third-order valence-corrected chi connectivity index (χ3v) is 5.24. The number of hydrogen-bond donors (Lipinski definition) is 1. The number of piperidine rings is 1. The molecule has 0 aliphatic carbocycles. The summed E-state index contributed by atoms with van der Waals surface area (Å²) in [6.45, 7) is 3.23. The van der Waals surface area contributed by atoms with Gasteiger partial charge in [0.05, 0.1) is 6.61 Å². The van der Waals surface area contributed by atoms with Gasteiger partial charge in [-0.2, -0.15) is 0 Å². The number of ether oxygens (including phenoxy) is 1. The molecule has 0 aromatic heterocycles. The van der Waals surface area contributed by atoms with E-state index in [9.17, 15) is 14.4 Å². The van der Waals surface area contributed by atoms with E-state index in [0.717, 1.165) is 0 Å². The molecule has 0 spiro atoms. The molecule has 146 valence electrons. The van der Waals surface area contributed by atoms with Crippen molar-refractivity contribution in [2.75, 3.05) is 24.6 Å². The van der Waals surface area contributed by atoms with Crippen LogP contribution in [0.2, 0.25) is 5.02 Å². The van der Waals surface area contributed by atoms with E-state index in [1.807, 2.05) is 0 Å². The third-order valence-electron chi connectivity index (χ3n) is 4.99. The SMILES string of the molecule is CCOC(=O)N1CCC(NC(=O)C2CCC(=O)N2c2ccc(Cl)cc2)CC1. The number of rotatable bonds is 4. The molecule has 1 N–H and O–H groups in total. The minimum atomic E-state index is -0.512. The highest BCUT2D eigenvalue weighted by molar-refractivity contribution is 6.30. The molecule has 1 atom stereocenters. The number of hydrogen-bond acceptors (Lipinski definition) is 4. The molecular formula is C19H24ClN3O4. The number of anilines is 1. The van der Waals surface area contributed by atoms with Crippen LogP contribution in [0.15, 0.2) is 24.3 Å². The maximum Gasteiger partial charge on any atom is 0.409 e. The van der Waals surface area contributed by atoms with E-state index in [2.05, 4.69) is 5.32 Å². The van der Waals surface area contributed by atoms with Crippen molar-refractivity contribution in [3.05, 3.63) is 29.3 Å². The highest BCUT2D eigenvalue weighted by Crippen LogP contribution is 2.28. The van der Waals surface area contributed by atoms with Crippen LogP contribution < -0.4 is 10.2 Å². The van der Waals surface area contributed by atoms with E-state index in [1.54, 1.807) is 41.0 Å². The van der Waals surface area contributed by atoms with Crippen LogP contribution in [0.3, 0.4) is 0 Å². The van der Waals surface area contributed by atoms with Crippen LogP contribution >= 0.6 is 11.6 Å². The summed E-state index contributed by atoms with van der Waals surface area (Å²) in [5.41, 5.74) is 0.680. The number of nitrogens with zero attached hydrogens (tertiary/aromatic N) is 2. The molecule has 7 nitrogen and oxygen atoms in total. The number of likely N-dealkylation sites (tertiary alicyclic amines) is 1. The lowest BCUT2D eigenvalue weighted by Gasteiger charge is -2.33. The highest BCUT2D eigenvalue weighted by atomic mass is 35.5. The van der Waals surface area contributed by atoms with E-state index >= 15 is 0 Å². The molecule has 3 rings (SSSR count). The lowest BCUT2D eigenvalue weighted by Crippen LogP contribution is -2.51. The number of nitrogens with one attached hydrogen (secondary N) is 1. The van der Waals surface area contributed by atoms with Gasteiger partial charge in [-0.25, -0.2) is 4.79 Å². The zero-order chi connectivity index (χ0) is 19.4. The monoisotopic (exact) mass is 393 g/mol. The maximum atomic E-state index is 12.8. The van der Waals surface area contributed by atoms with E-state index < -0.39 is 6.04 Å². The summed E-state index contributed by atoms with van der Waals surface area (Å²) in [5, 5.41) is 3.63. The van der Waals surface area contributed by atoms with Gasteiger partial charge in [0.15, 0.2) is 0 Å². The van der Waals surface area contributed by atoms with Crippen molar-refractivity contribution in [3.8, 4) is 0 Å². The molecular weight excluding hydrogens is 370 g/mol. The Morgan fingerprint density at radius 1 is 1.19 bits per heavy atom. The van der Waals surface area contributed by atoms with Crippen molar-refractivity contribution in [3.63, 3.8) is 0 Å². The van der Waals surface area contributed by atoms with Crippen LogP contribution in [0.25, 0.3) is 0 Å². The molecule has 0 radical (unpaired) electrons. The number of amides is 3. The lowest BCUT2D eigenvalue weighted by atomic mass is 10.0. The van der Waals surface area contributed by atoms with E-state index in [4.69, 9.17) is 16.3 Å².